The molecule has 0 aliphatic carbocycles. The van der Waals surface area contributed by atoms with E-state index >= 15 is 0 Å². The van der Waals surface area contributed by atoms with Gasteiger partial charge in [0.25, 0.3) is 0 Å². The summed E-state index contributed by atoms with van der Waals surface area (Å²) in [6, 6.07) is 0. The molecule has 2 aliphatic heterocycles. The number of ether oxygens (including phenoxy) is 1. The summed E-state index contributed by atoms with van der Waals surface area (Å²) in [5, 5.41) is 0. The van der Waals surface area contributed by atoms with Gasteiger partial charge in [-0.3, -0.25) is 14.5 Å². The first-order valence-electron chi connectivity index (χ1n) is 9.55. The molecule has 0 unspecified atom stereocenters. The first kappa shape index (κ1) is 20.2. The second-order valence-electron chi connectivity index (χ2n) is 8.68. The smallest absolute Gasteiger partial charge is 0.248 e. The van der Waals surface area contributed by atoms with Gasteiger partial charge in [0.1, 0.15) is 6.61 Å². The number of rotatable bonds is 5. The summed E-state index contributed by atoms with van der Waals surface area (Å²) in [5.74, 6) is 1.06. The summed E-state index contributed by atoms with van der Waals surface area (Å²) in [7, 11) is 1.56. The standard InChI is InChI=1S/C19H35N3O3/c1-19(2,3)13-17(23)21-7-5-16(6-8-21)14-20-9-11-22(12-10-20)18(24)15-25-4/h16H,5-15H2,1-4H3. The van der Waals surface area contributed by atoms with E-state index in [-0.39, 0.29) is 17.9 Å². The molecule has 144 valence electrons. The zero-order valence-electron chi connectivity index (χ0n) is 16.4. The minimum atomic E-state index is 0.0634. The fourth-order valence-electron chi connectivity index (χ4n) is 3.69. The van der Waals surface area contributed by atoms with Crippen molar-refractivity contribution in [2.45, 2.75) is 40.0 Å². The van der Waals surface area contributed by atoms with E-state index in [0.29, 0.717) is 18.2 Å². The summed E-state index contributed by atoms with van der Waals surface area (Å²) in [6.45, 7) is 12.9. The molecule has 6 heteroatoms. The highest BCUT2D eigenvalue weighted by atomic mass is 16.5. The van der Waals surface area contributed by atoms with Crippen LogP contribution in [0.1, 0.15) is 40.0 Å². The Balaban J connectivity index is 1.67. The van der Waals surface area contributed by atoms with Crippen LogP contribution in [0.5, 0.6) is 0 Å². The van der Waals surface area contributed by atoms with Crippen LogP contribution in [0.4, 0.5) is 0 Å². The topological polar surface area (TPSA) is 53.1 Å². The number of amides is 2. The van der Waals surface area contributed by atoms with Crippen molar-refractivity contribution in [2.75, 3.05) is 59.5 Å². The van der Waals surface area contributed by atoms with E-state index in [4.69, 9.17) is 4.74 Å². The van der Waals surface area contributed by atoms with Gasteiger partial charge in [-0.2, -0.15) is 0 Å². The number of piperidine rings is 1. The van der Waals surface area contributed by atoms with Gasteiger partial charge in [-0.15, -0.1) is 0 Å². The highest BCUT2D eigenvalue weighted by molar-refractivity contribution is 5.77. The molecule has 2 saturated heterocycles. The van der Waals surface area contributed by atoms with Crippen molar-refractivity contribution in [2.24, 2.45) is 11.3 Å². The van der Waals surface area contributed by atoms with Gasteiger partial charge in [-0.05, 0) is 24.2 Å². The van der Waals surface area contributed by atoms with E-state index in [1.807, 2.05) is 9.80 Å². The molecule has 0 atom stereocenters. The Morgan fingerprint density at radius 1 is 0.920 bits per heavy atom. The second kappa shape index (κ2) is 8.99. The van der Waals surface area contributed by atoms with Gasteiger partial charge < -0.3 is 14.5 Å². The van der Waals surface area contributed by atoms with Gasteiger partial charge in [0.15, 0.2) is 0 Å². The molecule has 0 N–H and O–H groups in total. The third-order valence-electron chi connectivity index (χ3n) is 5.16. The number of hydrogen-bond donors (Lipinski definition) is 0. The number of carbonyl (C=O) groups excluding carboxylic acids is 2. The van der Waals surface area contributed by atoms with Crippen molar-refractivity contribution in [3.05, 3.63) is 0 Å². The second-order valence-corrected chi connectivity index (χ2v) is 8.68. The number of carbonyl (C=O) groups is 2. The predicted octanol–water partition coefficient (Wildman–Crippen LogP) is 1.45. The molecule has 0 aromatic carbocycles. The molecule has 2 rings (SSSR count). The summed E-state index contributed by atoms with van der Waals surface area (Å²) >= 11 is 0. The third-order valence-corrected chi connectivity index (χ3v) is 5.16. The highest BCUT2D eigenvalue weighted by Gasteiger charge is 2.28. The summed E-state index contributed by atoms with van der Waals surface area (Å²) in [5.41, 5.74) is 0.0634. The Hall–Kier alpha value is -1.14. The van der Waals surface area contributed by atoms with E-state index in [1.54, 1.807) is 7.11 Å². The molecule has 0 radical (unpaired) electrons. The molecule has 2 heterocycles. The van der Waals surface area contributed by atoms with Crippen LogP contribution in [-0.4, -0.2) is 86.0 Å². The van der Waals surface area contributed by atoms with Gasteiger partial charge in [0.2, 0.25) is 11.8 Å². The quantitative estimate of drug-likeness (QED) is 0.751. The van der Waals surface area contributed by atoms with Crippen LogP contribution in [0.15, 0.2) is 0 Å². The van der Waals surface area contributed by atoms with E-state index in [2.05, 4.69) is 25.7 Å². The molecule has 2 fully saturated rings. The number of likely N-dealkylation sites (tertiary alicyclic amines) is 1. The third kappa shape index (κ3) is 6.59. The molecule has 25 heavy (non-hydrogen) atoms. The molecule has 0 aromatic heterocycles. The molecule has 2 aliphatic rings. The van der Waals surface area contributed by atoms with Gasteiger partial charge in [-0.1, -0.05) is 20.8 Å². The molecular weight excluding hydrogens is 318 g/mol. The minimum Gasteiger partial charge on any atom is -0.375 e. The van der Waals surface area contributed by atoms with Crippen LogP contribution in [0.2, 0.25) is 0 Å². The van der Waals surface area contributed by atoms with Gasteiger partial charge in [0.05, 0.1) is 0 Å². The summed E-state index contributed by atoms with van der Waals surface area (Å²) < 4.78 is 4.93. The van der Waals surface area contributed by atoms with Crippen LogP contribution in [-0.2, 0) is 14.3 Å². The van der Waals surface area contributed by atoms with Crippen molar-refractivity contribution >= 4 is 11.8 Å². The average molecular weight is 354 g/mol. The van der Waals surface area contributed by atoms with Crippen LogP contribution >= 0.6 is 0 Å². The lowest BCUT2D eigenvalue weighted by Crippen LogP contribution is -2.51. The summed E-state index contributed by atoms with van der Waals surface area (Å²) in [4.78, 5) is 30.6. The fraction of sp³-hybridized carbons (Fsp3) is 0.895. The molecule has 0 aromatic rings. The number of nitrogens with zero attached hydrogens (tertiary/aromatic N) is 3. The maximum atomic E-state index is 12.3. The maximum Gasteiger partial charge on any atom is 0.248 e. The van der Waals surface area contributed by atoms with E-state index in [1.165, 1.54) is 0 Å². The first-order chi connectivity index (χ1) is 11.8. The van der Waals surface area contributed by atoms with Crippen LogP contribution in [0, 0.1) is 11.3 Å². The lowest BCUT2D eigenvalue weighted by molar-refractivity contribution is -0.137. The van der Waals surface area contributed by atoms with Crippen LogP contribution in [0.3, 0.4) is 0 Å². The monoisotopic (exact) mass is 353 g/mol. The van der Waals surface area contributed by atoms with Crippen molar-refractivity contribution in [1.82, 2.24) is 14.7 Å². The minimum absolute atomic E-state index is 0.0634. The number of piperazine rings is 1. The largest absolute Gasteiger partial charge is 0.375 e. The average Bonchev–Trinajstić information content (AvgIpc) is 2.55. The van der Waals surface area contributed by atoms with Crippen molar-refractivity contribution in [1.29, 1.82) is 0 Å². The molecular formula is C19H35N3O3. The number of methoxy groups -OCH3 is 1. The number of hydrogen-bond acceptors (Lipinski definition) is 4. The predicted molar refractivity (Wildman–Crippen MR) is 98.3 cm³/mol. The maximum absolute atomic E-state index is 12.3. The zero-order valence-corrected chi connectivity index (χ0v) is 16.4. The summed E-state index contributed by atoms with van der Waals surface area (Å²) in [6.07, 6.45) is 2.83. The normalized spacial score (nSPS) is 20.8. The lowest BCUT2D eigenvalue weighted by atomic mass is 9.90. The van der Waals surface area contributed by atoms with E-state index in [9.17, 15) is 9.59 Å². The Kier molecular flexibility index (Phi) is 7.25. The van der Waals surface area contributed by atoms with E-state index in [0.717, 1.165) is 58.7 Å². The van der Waals surface area contributed by atoms with Crippen molar-refractivity contribution < 1.29 is 14.3 Å². The molecule has 6 nitrogen and oxygen atoms in total. The van der Waals surface area contributed by atoms with Gasteiger partial charge in [-0.25, -0.2) is 0 Å². The lowest BCUT2D eigenvalue weighted by Gasteiger charge is -2.39. The molecule has 0 spiro atoms. The first-order valence-corrected chi connectivity index (χ1v) is 9.55. The van der Waals surface area contributed by atoms with E-state index < -0.39 is 0 Å². The molecule has 2 amide bonds. The Labute approximate surface area is 152 Å². The SMILES string of the molecule is COCC(=O)N1CCN(CC2CCN(C(=O)CC(C)(C)C)CC2)CC1. The van der Waals surface area contributed by atoms with Crippen molar-refractivity contribution in [3.8, 4) is 0 Å². The highest BCUT2D eigenvalue weighted by Crippen LogP contribution is 2.24. The zero-order chi connectivity index (χ0) is 18.4. The van der Waals surface area contributed by atoms with Gasteiger partial charge in [0, 0.05) is 59.3 Å². The molecule has 0 saturated carbocycles. The Morgan fingerprint density at radius 2 is 1.48 bits per heavy atom. The van der Waals surface area contributed by atoms with Crippen LogP contribution in [0.25, 0.3) is 0 Å². The Morgan fingerprint density at radius 3 is 2.00 bits per heavy atom. The van der Waals surface area contributed by atoms with Gasteiger partial charge >= 0.3 is 0 Å². The Bertz CT molecular complexity index is 445. The van der Waals surface area contributed by atoms with Crippen molar-refractivity contribution in [3.63, 3.8) is 0 Å². The fourth-order valence-corrected chi connectivity index (χ4v) is 3.69. The molecule has 0 bridgehead atoms. The van der Waals surface area contributed by atoms with Crippen LogP contribution < -0.4 is 0 Å².